The van der Waals surface area contributed by atoms with Crippen LogP contribution in [-0.2, 0) is 14.6 Å². The minimum absolute atomic E-state index is 0.00981. The first-order valence-corrected chi connectivity index (χ1v) is 7.81. The van der Waals surface area contributed by atoms with Crippen molar-refractivity contribution in [3.05, 3.63) is 24.3 Å². The van der Waals surface area contributed by atoms with Gasteiger partial charge in [-0.1, -0.05) is 6.92 Å². The van der Waals surface area contributed by atoms with Crippen LogP contribution in [0.2, 0.25) is 0 Å². The number of hydrogen-bond donors (Lipinski definition) is 2. The van der Waals surface area contributed by atoms with Gasteiger partial charge in [0.2, 0.25) is 0 Å². The Balaban J connectivity index is 2.74. The van der Waals surface area contributed by atoms with Crippen molar-refractivity contribution in [3.63, 3.8) is 0 Å². The van der Waals surface area contributed by atoms with Crippen LogP contribution in [0.15, 0.2) is 29.2 Å². The van der Waals surface area contributed by atoms with Gasteiger partial charge >= 0.3 is 5.97 Å². The molecule has 1 rings (SSSR count). The van der Waals surface area contributed by atoms with E-state index in [9.17, 15) is 13.2 Å². The lowest BCUT2D eigenvalue weighted by Gasteiger charge is -2.13. The van der Waals surface area contributed by atoms with Gasteiger partial charge < -0.3 is 10.4 Å². The molecule has 0 aliphatic heterocycles. The van der Waals surface area contributed by atoms with E-state index in [1.54, 1.807) is 31.2 Å². The Morgan fingerprint density at radius 1 is 1.32 bits per heavy atom. The van der Waals surface area contributed by atoms with E-state index in [2.05, 4.69) is 5.32 Å². The SMILES string of the molecule is CCCS(=O)(=O)c1ccc(NC(C)CC(=O)O)cc1. The fourth-order valence-electron chi connectivity index (χ4n) is 1.74. The molecule has 5 nitrogen and oxygen atoms in total. The molecule has 1 atom stereocenters. The predicted molar refractivity (Wildman–Crippen MR) is 74.1 cm³/mol. The van der Waals surface area contributed by atoms with E-state index in [0.717, 1.165) is 0 Å². The lowest BCUT2D eigenvalue weighted by atomic mass is 10.2. The monoisotopic (exact) mass is 285 g/mol. The second-order valence-electron chi connectivity index (χ2n) is 4.49. The van der Waals surface area contributed by atoms with Crippen LogP contribution in [0.3, 0.4) is 0 Å². The molecule has 2 N–H and O–H groups in total. The number of benzene rings is 1. The van der Waals surface area contributed by atoms with E-state index in [1.165, 1.54) is 0 Å². The number of carboxylic acids is 1. The van der Waals surface area contributed by atoms with Crippen molar-refractivity contribution in [2.75, 3.05) is 11.1 Å². The largest absolute Gasteiger partial charge is 0.481 e. The predicted octanol–water partition coefficient (Wildman–Crippen LogP) is 2.15. The maximum atomic E-state index is 11.8. The molecular formula is C13H19NO4S. The van der Waals surface area contributed by atoms with Crippen molar-refractivity contribution in [2.24, 2.45) is 0 Å². The normalized spacial score (nSPS) is 12.9. The average Bonchev–Trinajstić information content (AvgIpc) is 2.28. The van der Waals surface area contributed by atoms with Crippen LogP contribution in [0, 0.1) is 0 Å². The van der Waals surface area contributed by atoms with Gasteiger partial charge in [0.05, 0.1) is 17.1 Å². The van der Waals surface area contributed by atoms with Gasteiger partial charge in [-0.3, -0.25) is 4.79 Å². The summed E-state index contributed by atoms with van der Waals surface area (Å²) in [6.45, 7) is 3.58. The fourth-order valence-corrected chi connectivity index (χ4v) is 3.07. The molecule has 106 valence electrons. The van der Waals surface area contributed by atoms with E-state index >= 15 is 0 Å². The highest BCUT2D eigenvalue weighted by molar-refractivity contribution is 7.91. The van der Waals surface area contributed by atoms with Gasteiger partial charge in [0.15, 0.2) is 9.84 Å². The zero-order valence-electron chi connectivity index (χ0n) is 11.1. The Labute approximate surface area is 113 Å². The number of anilines is 1. The molecule has 19 heavy (non-hydrogen) atoms. The number of aliphatic carboxylic acids is 1. The number of rotatable bonds is 7. The summed E-state index contributed by atoms with van der Waals surface area (Å²) in [6, 6.07) is 6.18. The third-order valence-corrected chi connectivity index (χ3v) is 4.52. The van der Waals surface area contributed by atoms with Crippen molar-refractivity contribution in [3.8, 4) is 0 Å². The van der Waals surface area contributed by atoms with Gasteiger partial charge in [0, 0.05) is 11.7 Å². The Morgan fingerprint density at radius 3 is 2.37 bits per heavy atom. The highest BCUT2D eigenvalue weighted by Crippen LogP contribution is 2.17. The first-order chi connectivity index (χ1) is 8.85. The highest BCUT2D eigenvalue weighted by atomic mass is 32.2. The minimum atomic E-state index is -3.20. The molecule has 0 radical (unpaired) electrons. The standard InChI is InChI=1S/C13H19NO4S/c1-3-8-19(17,18)12-6-4-11(5-7-12)14-10(2)9-13(15)16/h4-7,10,14H,3,8-9H2,1-2H3,(H,15,16). The van der Waals surface area contributed by atoms with Crippen LogP contribution in [0.25, 0.3) is 0 Å². The van der Waals surface area contributed by atoms with Gasteiger partial charge in [-0.2, -0.15) is 0 Å². The molecule has 6 heteroatoms. The van der Waals surface area contributed by atoms with Crippen molar-refractivity contribution >= 4 is 21.5 Å². The quantitative estimate of drug-likeness (QED) is 0.802. The molecule has 1 aromatic rings. The van der Waals surface area contributed by atoms with Crippen molar-refractivity contribution in [1.29, 1.82) is 0 Å². The Hall–Kier alpha value is -1.56. The molecule has 1 unspecified atom stereocenters. The first kappa shape index (κ1) is 15.5. The Bertz CT molecular complexity index is 522. The molecule has 0 heterocycles. The summed E-state index contributed by atoms with van der Waals surface area (Å²) in [7, 11) is -3.20. The Kier molecular flexibility index (Phi) is 5.35. The molecule has 0 spiro atoms. The van der Waals surface area contributed by atoms with Crippen LogP contribution >= 0.6 is 0 Å². The summed E-state index contributed by atoms with van der Waals surface area (Å²) in [5, 5.41) is 11.7. The van der Waals surface area contributed by atoms with E-state index in [1.807, 2.05) is 6.92 Å². The average molecular weight is 285 g/mol. The number of nitrogens with one attached hydrogen (secondary N) is 1. The lowest BCUT2D eigenvalue weighted by molar-refractivity contribution is -0.137. The number of sulfone groups is 1. The summed E-state index contributed by atoms with van der Waals surface area (Å²) in [5.41, 5.74) is 0.712. The molecule has 0 saturated carbocycles. The molecule has 0 fully saturated rings. The summed E-state index contributed by atoms with van der Waals surface area (Å²) < 4.78 is 23.6. The van der Waals surface area contributed by atoms with Gasteiger partial charge in [-0.05, 0) is 37.6 Å². The zero-order chi connectivity index (χ0) is 14.5. The molecule has 0 amide bonds. The molecular weight excluding hydrogens is 266 g/mol. The number of carboxylic acid groups (broad SMARTS) is 1. The molecule has 0 aliphatic rings. The number of hydrogen-bond acceptors (Lipinski definition) is 4. The van der Waals surface area contributed by atoms with Crippen molar-refractivity contribution < 1.29 is 18.3 Å². The lowest BCUT2D eigenvalue weighted by Crippen LogP contribution is -2.19. The maximum Gasteiger partial charge on any atom is 0.305 e. The van der Waals surface area contributed by atoms with E-state index < -0.39 is 15.8 Å². The summed E-state index contributed by atoms with van der Waals surface area (Å²) in [6.07, 6.45) is 0.591. The third-order valence-electron chi connectivity index (χ3n) is 2.58. The summed E-state index contributed by atoms with van der Waals surface area (Å²) in [4.78, 5) is 10.8. The molecule has 0 saturated heterocycles. The third kappa shape index (κ3) is 4.90. The number of carbonyl (C=O) groups is 1. The second kappa shape index (κ2) is 6.56. The maximum absolute atomic E-state index is 11.8. The molecule has 0 bridgehead atoms. The van der Waals surface area contributed by atoms with Crippen molar-refractivity contribution in [2.45, 2.75) is 37.6 Å². The summed E-state index contributed by atoms with van der Waals surface area (Å²) >= 11 is 0. The Morgan fingerprint density at radius 2 is 1.89 bits per heavy atom. The first-order valence-electron chi connectivity index (χ1n) is 6.16. The highest BCUT2D eigenvalue weighted by Gasteiger charge is 2.13. The van der Waals surface area contributed by atoms with Crippen LogP contribution in [0.1, 0.15) is 26.7 Å². The van der Waals surface area contributed by atoms with E-state index in [-0.39, 0.29) is 18.2 Å². The zero-order valence-corrected chi connectivity index (χ0v) is 11.9. The minimum Gasteiger partial charge on any atom is -0.481 e. The smallest absolute Gasteiger partial charge is 0.305 e. The van der Waals surface area contributed by atoms with E-state index in [4.69, 9.17) is 5.11 Å². The van der Waals surface area contributed by atoms with Crippen LogP contribution in [-0.4, -0.2) is 31.3 Å². The van der Waals surface area contributed by atoms with Crippen LogP contribution in [0.4, 0.5) is 5.69 Å². The van der Waals surface area contributed by atoms with Crippen molar-refractivity contribution in [1.82, 2.24) is 0 Å². The fraction of sp³-hybridized carbons (Fsp3) is 0.462. The van der Waals surface area contributed by atoms with Gasteiger partial charge in [0.1, 0.15) is 0 Å². The topological polar surface area (TPSA) is 83.5 Å². The van der Waals surface area contributed by atoms with Gasteiger partial charge in [-0.25, -0.2) is 8.42 Å². The molecule has 1 aromatic carbocycles. The van der Waals surface area contributed by atoms with Gasteiger partial charge in [0.25, 0.3) is 0 Å². The van der Waals surface area contributed by atoms with Crippen LogP contribution < -0.4 is 5.32 Å². The second-order valence-corrected chi connectivity index (χ2v) is 6.60. The molecule has 0 aliphatic carbocycles. The van der Waals surface area contributed by atoms with E-state index in [0.29, 0.717) is 17.0 Å². The summed E-state index contributed by atoms with van der Waals surface area (Å²) in [5.74, 6) is -0.739. The molecule has 0 aromatic heterocycles. The van der Waals surface area contributed by atoms with Gasteiger partial charge in [-0.15, -0.1) is 0 Å². The van der Waals surface area contributed by atoms with Crippen LogP contribution in [0.5, 0.6) is 0 Å².